The molecule has 7 heteroatoms. The van der Waals surface area contributed by atoms with Gasteiger partial charge in [-0.25, -0.2) is 4.68 Å². The Labute approximate surface area is 171 Å². The second-order valence-electron chi connectivity index (χ2n) is 7.78. The quantitative estimate of drug-likeness (QED) is 0.693. The van der Waals surface area contributed by atoms with Gasteiger partial charge in [0, 0.05) is 44.8 Å². The Balaban J connectivity index is 1.37. The summed E-state index contributed by atoms with van der Waals surface area (Å²) >= 11 is 0. The predicted octanol–water partition coefficient (Wildman–Crippen LogP) is 1.77. The molecule has 1 amide bonds. The molecule has 1 aromatic heterocycles. The van der Waals surface area contributed by atoms with Crippen LogP contribution in [-0.4, -0.2) is 77.0 Å². The van der Waals surface area contributed by atoms with Gasteiger partial charge in [-0.3, -0.25) is 9.69 Å². The Morgan fingerprint density at radius 1 is 1.10 bits per heavy atom. The zero-order valence-electron chi connectivity index (χ0n) is 17.1. The fraction of sp³-hybridized carbons (Fsp3) is 0.409. The number of hydrogen-bond donors (Lipinski definition) is 1. The second kappa shape index (κ2) is 8.71. The Hall–Kier alpha value is -2.77. The highest BCUT2D eigenvalue weighted by molar-refractivity contribution is 5.97. The minimum atomic E-state index is -0.0607. The number of rotatable bonds is 6. The van der Waals surface area contributed by atoms with Crippen LogP contribution < -0.4 is 5.32 Å². The van der Waals surface area contributed by atoms with Crippen molar-refractivity contribution in [2.45, 2.75) is 13.5 Å². The lowest BCUT2D eigenvalue weighted by Crippen LogP contribution is -2.46. The summed E-state index contributed by atoms with van der Waals surface area (Å²) in [6.07, 6.45) is 0. The number of nitrogens with zero attached hydrogens (tertiary/aromatic N) is 5. The summed E-state index contributed by atoms with van der Waals surface area (Å²) in [4.78, 5) is 17.3. The molecule has 0 atom stereocenters. The molecule has 29 heavy (non-hydrogen) atoms. The van der Waals surface area contributed by atoms with Crippen LogP contribution in [0, 0.1) is 6.92 Å². The first kappa shape index (κ1) is 19.5. The number of nitrogens with one attached hydrogen (secondary N) is 1. The van der Waals surface area contributed by atoms with E-state index in [0.29, 0.717) is 18.7 Å². The molecule has 0 aliphatic carbocycles. The second-order valence-corrected chi connectivity index (χ2v) is 7.78. The number of piperazine rings is 1. The standard InChI is InChI=1S/C22H28N6O/c1-17-5-3-4-6-19(17)16-28-21-8-7-18(15-20(21)24-25-28)22(29)23-9-10-27-13-11-26(2)12-14-27/h3-8,15H,9-14,16H2,1-2H3,(H,23,29). The summed E-state index contributed by atoms with van der Waals surface area (Å²) in [7, 11) is 2.15. The number of benzene rings is 2. The lowest BCUT2D eigenvalue weighted by molar-refractivity contribution is 0.0941. The van der Waals surface area contributed by atoms with Crippen molar-refractivity contribution >= 4 is 16.9 Å². The van der Waals surface area contributed by atoms with E-state index in [1.165, 1.54) is 11.1 Å². The van der Waals surface area contributed by atoms with Crippen LogP contribution in [0.4, 0.5) is 0 Å². The van der Waals surface area contributed by atoms with E-state index in [0.717, 1.165) is 43.8 Å². The van der Waals surface area contributed by atoms with Gasteiger partial charge in [-0.1, -0.05) is 29.5 Å². The molecule has 1 saturated heterocycles. The van der Waals surface area contributed by atoms with Crippen molar-refractivity contribution in [3.63, 3.8) is 0 Å². The van der Waals surface area contributed by atoms with Crippen LogP contribution >= 0.6 is 0 Å². The van der Waals surface area contributed by atoms with Gasteiger partial charge in [0.25, 0.3) is 5.91 Å². The maximum atomic E-state index is 12.5. The molecule has 0 unspecified atom stereocenters. The van der Waals surface area contributed by atoms with Crippen molar-refractivity contribution < 1.29 is 4.79 Å². The van der Waals surface area contributed by atoms with E-state index >= 15 is 0 Å². The number of aryl methyl sites for hydroxylation is 1. The van der Waals surface area contributed by atoms with Gasteiger partial charge < -0.3 is 10.2 Å². The number of likely N-dealkylation sites (N-methyl/N-ethyl adjacent to an activating group) is 1. The summed E-state index contributed by atoms with van der Waals surface area (Å²) in [5.41, 5.74) is 4.74. The van der Waals surface area contributed by atoms with Gasteiger partial charge in [0.1, 0.15) is 5.52 Å². The van der Waals surface area contributed by atoms with E-state index < -0.39 is 0 Å². The van der Waals surface area contributed by atoms with Gasteiger partial charge in [-0.05, 0) is 43.3 Å². The molecule has 1 aliphatic heterocycles. The molecule has 7 nitrogen and oxygen atoms in total. The molecule has 0 bridgehead atoms. The zero-order valence-corrected chi connectivity index (χ0v) is 17.1. The Bertz CT molecular complexity index is 990. The van der Waals surface area contributed by atoms with Crippen LogP contribution in [-0.2, 0) is 6.54 Å². The number of carbonyl (C=O) groups excluding carboxylic acids is 1. The topological polar surface area (TPSA) is 66.3 Å². The number of fused-ring (bicyclic) bond motifs is 1. The molecule has 4 rings (SSSR count). The Morgan fingerprint density at radius 2 is 1.90 bits per heavy atom. The van der Waals surface area contributed by atoms with Crippen molar-refractivity contribution in [2.24, 2.45) is 0 Å². The predicted molar refractivity (Wildman–Crippen MR) is 114 cm³/mol. The van der Waals surface area contributed by atoms with E-state index in [9.17, 15) is 4.79 Å². The fourth-order valence-electron chi connectivity index (χ4n) is 3.68. The molecule has 1 N–H and O–H groups in total. The smallest absolute Gasteiger partial charge is 0.251 e. The van der Waals surface area contributed by atoms with Crippen LogP contribution in [0.1, 0.15) is 21.5 Å². The first-order valence-electron chi connectivity index (χ1n) is 10.2. The summed E-state index contributed by atoms with van der Waals surface area (Å²) in [6.45, 7) is 8.59. The third-order valence-corrected chi connectivity index (χ3v) is 5.67. The van der Waals surface area contributed by atoms with Crippen LogP contribution in [0.5, 0.6) is 0 Å². The van der Waals surface area contributed by atoms with Gasteiger partial charge in [-0.15, -0.1) is 5.10 Å². The average molecular weight is 393 g/mol. The molecule has 3 aromatic rings. The third-order valence-electron chi connectivity index (χ3n) is 5.67. The number of hydrogen-bond acceptors (Lipinski definition) is 5. The minimum absolute atomic E-state index is 0.0607. The molecular weight excluding hydrogens is 364 g/mol. The van der Waals surface area contributed by atoms with Gasteiger partial charge in [0.05, 0.1) is 12.1 Å². The monoisotopic (exact) mass is 392 g/mol. The van der Waals surface area contributed by atoms with E-state index in [-0.39, 0.29) is 5.91 Å². The Morgan fingerprint density at radius 3 is 2.69 bits per heavy atom. The van der Waals surface area contributed by atoms with E-state index in [1.54, 1.807) is 0 Å². The van der Waals surface area contributed by atoms with Gasteiger partial charge >= 0.3 is 0 Å². The van der Waals surface area contributed by atoms with Crippen molar-refractivity contribution in [1.82, 2.24) is 30.1 Å². The third kappa shape index (κ3) is 4.63. The number of amides is 1. The average Bonchev–Trinajstić information content (AvgIpc) is 3.13. The van der Waals surface area contributed by atoms with Gasteiger partial charge in [-0.2, -0.15) is 0 Å². The highest BCUT2D eigenvalue weighted by Crippen LogP contribution is 2.16. The van der Waals surface area contributed by atoms with Gasteiger partial charge in [0.2, 0.25) is 0 Å². The van der Waals surface area contributed by atoms with Crippen molar-refractivity contribution in [1.29, 1.82) is 0 Å². The number of aromatic nitrogens is 3. The zero-order chi connectivity index (χ0) is 20.2. The van der Waals surface area contributed by atoms with Crippen molar-refractivity contribution in [3.8, 4) is 0 Å². The summed E-state index contributed by atoms with van der Waals surface area (Å²) < 4.78 is 1.88. The molecule has 1 aliphatic rings. The number of carbonyl (C=O) groups is 1. The van der Waals surface area contributed by atoms with E-state index in [4.69, 9.17) is 0 Å². The van der Waals surface area contributed by atoms with Crippen molar-refractivity contribution in [2.75, 3.05) is 46.3 Å². The van der Waals surface area contributed by atoms with Crippen LogP contribution in [0.25, 0.3) is 11.0 Å². The molecule has 0 saturated carbocycles. The molecule has 0 radical (unpaired) electrons. The molecule has 152 valence electrons. The fourth-order valence-corrected chi connectivity index (χ4v) is 3.68. The Kier molecular flexibility index (Phi) is 5.87. The lowest BCUT2D eigenvalue weighted by atomic mass is 10.1. The summed E-state index contributed by atoms with van der Waals surface area (Å²) in [6, 6.07) is 13.9. The molecule has 0 spiro atoms. The molecule has 1 fully saturated rings. The molecule has 2 aromatic carbocycles. The SMILES string of the molecule is Cc1ccccc1Cn1nnc2cc(C(=O)NCCN3CCN(C)CC3)ccc21. The van der Waals surface area contributed by atoms with Crippen molar-refractivity contribution in [3.05, 3.63) is 59.2 Å². The van der Waals surface area contributed by atoms with Crippen LogP contribution in [0.3, 0.4) is 0 Å². The highest BCUT2D eigenvalue weighted by atomic mass is 16.1. The van der Waals surface area contributed by atoms with Crippen LogP contribution in [0.2, 0.25) is 0 Å². The summed E-state index contributed by atoms with van der Waals surface area (Å²) in [5, 5.41) is 11.6. The van der Waals surface area contributed by atoms with Crippen LogP contribution in [0.15, 0.2) is 42.5 Å². The lowest BCUT2D eigenvalue weighted by Gasteiger charge is -2.32. The molecule has 2 heterocycles. The van der Waals surface area contributed by atoms with E-state index in [1.807, 2.05) is 35.0 Å². The highest BCUT2D eigenvalue weighted by Gasteiger charge is 2.14. The largest absolute Gasteiger partial charge is 0.351 e. The summed E-state index contributed by atoms with van der Waals surface area (Å²) in [5.74, 6) is -0.0607. The van der Waals surface area contributed by atoms with Gasteiger partial charge in [0.15, 0.2) is 0 Å². The first-order chi connectivity index (χ1) is 14.1. The maximum Gasteiger partial charge on any atom is 0.251 e. The minimum Gasteiger partial charge on any atom is -0.351 e. The molecular formula is C22H28N6O. The maximum absolute atomic E-state index is 12.5. The first-order valence-corrected chi connectivity index (χ1v) is 10.2. The van der Waals surface area contributed by atoms with E-state index in [2.05, 4.69) is 51.5 Å². The normalized spacial score (nSPS) is 15.7.